The second-order valence-corrected chi connectivity index (χ2v) is 7.63. The van der Waals surface area contributed by atoms with Gasteiger partial charge in [-0.05, 0) is 52.0 Å². The molecule has 0 fully saturated rings. The molecular formula is C16H17BrN2OS. The van der Waals surface area contributed by atoms with Gasteiger partial charge in [0.1, 0.15) is 6.04 Å². The number of carbonyl (C=O) groups is 1. The fraction of sp³-hybridized carbons (Fsp3) is 0.312. The monoisotopic (exact) mass is 364 g/mol. The van der Waals surface area contributed by atoms with Crippen molar-refractivity contribution in [3.8, 4) is 0 Å². The van der Waals surface area contributed by atoms with Crippen LogP contribution in [0.2, 0.25) is 0 Å². The third-order valence-electron chi connectivity index (χ3n) is 3.67. The number of thiophene rings is 1. The van der Waals surface area contributed by atoms with Crippen LogP contribution >= 0.6 is 27.3 Å². The van der Waals surface area contributed by atoms with Crippen molar-refractivity contribution in [1.29, 1.82) is 0 Å². The highest BCUT2D eigenvalue weighted by Crippen LogP contribution is 2.23. The van der Waals surface area contributed by atoms with Crippen molar-refractivity contribution in [2.45, 2.75) is 18.9 Å². The second-order valence-electron chi connectivity index (χ2n) is 5.08. The van der Waals surface area contributed by atoms with Gasteiger partial charge in [0, 0.05) is 18.0 Å². The van der Waals surface area contributed by atoms with E-state index in [1.54, 1.807) is 11.3 Å². The van der Waals surface area contributed by atoms with Crippen LogP contribution in [0.25, 0.3) is 0 Å². The van der Waals surface area contributed by atoms with Crippen molar-refractivity contribution >= 4 is 33.2 Å². The van der Waals surface area contributed by atoms with Crippen LogP contribution in [-0.4, -0.2) is 19.0 Å². The molecule has 1 aromatic heterocycles. The molecular weight excluding hydrogens is 348 g/mol. The number of benzene rings is 1. The number of amides is 1. The van der Waals surface area contributed by atoms with E-state index < -0.39 is 0 Å². The summed E-state index contributed by atoms with van der Waals surface area (Å²) >= 11 is 5.17. The number of carbonyl (C=O) groups excluding carboxylic acids is 1. The molecule has 0 saturated carbocycles. The van der Waals surface area contributed by atoms with Gasteiger partial charge in [0.05, 0.1) is 3.79 Å². The van der Waals surface area contributed by atoms with Crippen molar-refractivity contribution < 1.29 is 4.79 Å². The largest absolute Gasteiger partial charge is 0.354 e. The molecule has 2 aromatic rings. The third-order valence-corrected chi connectivity index (χ3v) is 5.35. The van der Waals surface area contributed by atoms with E-state index in [1.165, 1.54) is 10.4 Å². The Balaban J connectivity index is 1.59. The maximum atomic E-state index is 12.4. The maximum Gasteiger partial charge on any atom is 0.241 e. The molecule has 1 unspecified atom stereocenters. The van der Waals surface area contributed by atoms with Crippen molar-refractivity contribution in [2.24, 2.45) is 0 Å². The summed E-state index contributed by atoms with van der Waals surface area (Å²) in [5, 5.41) is 6.35. The number of fused-ring (bicyclic) bond motifs is 1. The predicted octanol–water partition coefficient (Wildman–Crippen LogP) is 3.06. The van der Waals surface area contributed by atoms with E-state index in [-0.39, 0.29) is 11.9 Å². The van der Waals surface area contributed by atoms with Gasteiger partial charge >= 0.3 is 0 Å². The molecule has 0 saturated heterocycles. The molecule has 21 heavy (non-hydrogen) atoms. The Bertz CT molecular complexity index is 641. The Labute approximate surface area is 136 Å². The molecule has 1 aliphatic rings. The van der Waals surface area contributed by atoms with Crippen LogP contribution < -0.4 is 10.6 Å². The van der Waals surface area contributed by atoms with Gasteiger partial charge in [0.2, 0.25) is 5.91 Å². The molecule has 0 aliphatic carbocycles. The summed E-state index contributed by atoms with van der Waals surface area (Å²) in [5.74, 6) is 0.0674. The Morgan fingerprint density at radius 1 is 1.33 bits per heavy atom. The first kappa shape index (κ1) is 14.8. The van der Waals surface area contributed by atoms with Gasteiger partial charge < -0.3 is 10.6 Å². The second kappa shape index (κ2) is 6.73. The molecule has 3 nitrogen and oxygen atoms in total. The summed E-state index contributed by atoms with van der Waals surface area (Å²) in [7, 11) is 0. The van der Waals surface area contributed by atoms with Gasteiger partial charge in [-0.25, -0.2) is 0 Å². The molecule has 110 valence electrons. The first-order chi connectivity index (χ1) is 10.2. The van der Waals surface area contributed by atoms with Crippen LogP contribution in [0.3, 0.4) is 0 Å². The zero-order chi connectivity index (χ0) is 14.7. The average Bonchev–Trinajstić information content (AvgIpc) is 2.92. The zero-order valence-corrected chi connectivity index (χ0v) is 14.0. The highest BCUT2D eigenvalue weighted by molar-refractivity contribution is 9.11. The number of hydrogen-bond acceptors (Lipinski definition) is 3. The fourth-order valence-electron chi connectivity index (χ4n) is 2.64. The summed E-state index contributed by atoms with van der Waals surface area (Å²) < 4.78 is 1.13. The lowest BCUT2D eigenvalue weighted by molar-refractivity contribution is -0.123. The topological polar surface area (TPSA) is 41.1 Å². The van der Waals surface area contributed by atoms with Gasteiger partial charge in [-0.1, -0.05) is 24.3 Å². The molecule has 2 N–H and O–H groups in total. The predicted molar refractivity (Wildman–Crippen MR) is 89.6 cm³/mol. The number of rotatable bonds is 4. The number of nitrogens with one attached hydrogen (secondary N) is 2. The Hall–Kier alpha value is -1.17. The van der Waals surface area contributed by atoms with E-state index in [9.17, 15) is 4.79 Å². The molecule has 1 atom stereocenters. The Kier molecular flexibility index (Phi) is 4.73. The summed E-state index contributed by atoms with van der Waals surface area (Å²) in [6.07, 6.45) is 1.86. The molecule has 3 rings (SSSR count). The zero-order valence-electron chi connectivity index (χ0n) is 11.6. The standard InChI is InChI=1S/C16H17BrN2OS/c17-14-6-5-12(21-14)8-10-19-16(20)15-13-4-2-1-3-11(13)7-9-18-15/h1-6,15,18H,7-10H2,(H,19,20). The summed E-state index contributed by atoms with van der Waals surface area (Å²) in [6, 6.07) is 12.1. The molecule has 5 heteroatoms. The molecule has 1 aromatic carbocycles. The van der Waals surface area contributed by atoms with Gasteiger partial charge in [-0.15, -0.1) is 11.3 Å². The van der Waals surface area contributed by atoms with Crippen molar-refractivity contribution in [3.05, 3.63) is 56.2 Å². The number of halogens is 1. The van der Waals surface area contributed by atoms with Crippen LogP contribution in [0.4, 0.5) is 0 Å². The summed E-state index contributed by atoms with van der Waals surface area (Å²) in [6.45, 7) is 1.53. The van der Waals surface area contributed by atoms with Crippen LogP contribution in [0, 0.1) is 0 Å². The first-order valence-corrected chi connectivity index (χ1v) is 8.68. The quantitative estimate of drug-likeness (QED) is 0.875. The van der Waals surface area contributed by atoms with E-state index >= 15 is 0 Å². The van der Waals surface area contributed by atoms with E-state index in [1.807, 2.05) is 24.3 Å². The van der Waals surface area contributed by atoms with Crippen LogP contribution in [0.1, 0.15) is 22.0 Å². The molecule has 1 amide bonds. The van der Waals surface area contributed by atoms with Gasteiger partial charge in [-0.2, -0.15) is 0 Å². The van der Waals surface area contributed by atoms with E-state index in [0.29, 0.717) is 6.54 Å². The van der Waals surface area contributed by atoms with Gasteiger partial charge in [0.25, 0.3) is 0 Å². The minimum absolute atomic E-state index is 0.0674. The van der Waals surface area contributed by atoms with Crippen molar-refractivity contribution in [3.63, 3.8) is 0 Å². The minimum Gasteiger partial charge on any atom is -0.354 e. The Morgan fingerprint density at radius 3 is 3.00 bits per heavy atom. The molecule has 2 heterocycles. The minimum atomic E-state index is -0.218. The van der Waals surface area contributed by atoms with Gasteiger partial charge in [-0.3, -0.25) is 4.79 Å². The highest BCUT2D eigenvalue weighted by atomic mass is 79.9. The van der Waals surface area contributed by atoms with Crippen molar-refractivity contribution in [1.82, 2.24) is 10.6 Å². The Morgan fingerprint density at radius 2 is 2.19 bits per heavy atom. The fourth-order valence-corrected chi connectivity index (χ4v) is 4.12. The number of hydrogen-bond donors (Lipinski definition) is 2. The SMILES string of the molecule is O=C(NCCc1ccc(Br)s1)C1NCCc2ccccc21. The highest BCUT2D eigenvalue weighted by Gasteiger charge is 2.25. The van der Waals surface area contributed by atoms with Crippen LogP contribution in [0.15, 0.2) is 40.2 Å². The van der Waals surface area contributed by atoms with E-state index in [4.69, 9.17) is 0 Å². The normalized spacial score (nSPS) is 17.3. The molecule has 1 aliphatic heterocycles. The lowest BCUT2D eigenvalue weighted by Crippen LogP contribution is -2.41. The first-order valence-electron chi connectivity index (χ1n) is 7.07. The van der Waals surface area contributed by atoms with Crippen LogP contribution in [-0.2, 0) is 17.6 Å². The lowest BCUT2D eigenvalue weighted by atomic mass is 9.94. The molecule has 0 radical (unpaired) electrons. The molecule has 0 spiro atoms. The van der Waals surface area contributed by atoms with Crippen molar-refractivity contribution in [2.75, 3.05) is 13.1 Å². The van der Waals surface area contributed by atoms with E-state index in [0.717, 1.165) is 28.7 Å². The third kappa shape index (κ3) is 3.54. The smallest absolute Gasteiger partial charge is 0.241 e. The summed E-state index contributed by atoms with van der Waals surface area (Å²) in [5.41, 5.74) is 2.39. The lowest BCUT2D eigenvalue weighted by Gasteiger charge is -2.26. The maximum absolute atomic E-state index is 12.4. The summed E-state index contributed by atoms with van der Waals surface area (Å²) in [4.78, 5) is 13.7. The molecule has 0 bridgehead atoms. The van der Waals surface area contributed by atoms with E-state index in [2.05, 4.69) is 38.7 Å². The van der Waals surface area contributed by atoms with Crippen LogP contribution in [0.5, 0.6) is 0 Å². The average molecular weight is 365 g/mol. The van der Waals surface area contributed by atoms with Gasteiger partial charge in [0.15, 0.2) is 0 Å².